The molecular weight excluding hydrogens is 1170 g/mol. The first-order valence-electron chi connectivity index (χ1n) is 4.51. The fraction of sp³-hybridized carbons (Fsp3) is 0.250. The van der Waals surface area contributed by atoms with Crippen molar-refractivity contribution in [3.63, 3.8) is 0 Å². The molecule has 0 fully saturated rings. The van der Waals surface area contributed by atoms with E-state index in [0.717, 1.165) is 0 Å². The summed E-state index contributed by atoms with van der Waals surface area (Å²) in [5.74, 6) is 0. The quantitative estimate of drug-likeness (QED) is 0.208. The van der Waals surface area contributed by atoms with Crippen LogP contribution in [0.2, 0.25) is 0 Å². The molecule has 0 aromatic heterocycles. The second-order valence-electron chi connectivity index (χ2n) is 3.86. The molecule has 0 atom stereocenters. The summed E-state index contributed by atoms with van der Waals surface area (Å²) < 4.78 is -3.11. The van der Waals surface area contributed by atoms with Crippen LogP contribution < -0.4 is 0 Å². The van der Waals surface area contributed by atoms with Crippen LogP contribution in [0.15, 0.2) is 24.3 Å². The molecule has 0 aliphatic carbocycles. The van der Waals surface area contributed by atoms with Crippen molar-refractivity contribution in [3.8, 4) is 0 Å². The van der Waals surface area contributed by atoms with Gasteiger partial charge in [0.15, 0.2) is 0 Å². The first-order chi connectivity index (χ1) is 7.66. The predicted molar refractivity (Wildman–Crippen MR) is 160 cm³/mol. The zero-order valence-corrected chi connectivity index (χ0v) is 27.7. The molecular formula is C8H8I8P2. The van der Waals surface area contributed by atoms with Crippen LogP contribution in [0, 0.1) is 0 Å². The molecule has 1 aromatic rings. The third-order valence-corrected chi connectivity index (χ3v) is 11.7. The van der Waals surface area contributed by atoms with Crippen LogP contribution in [0.4, 0.5) is 0 Å². The summed E-state index contributed by atoms with van der Waals surface area (Å²) in [6.07, 6.45) is 2.39. The SMILES string of the molecule is IP(I)(I)(I)Cc1ccc(CP(I)(I)(I)I)cc1. The fourth-order valence-corrected chi connectivity index (χ4v) is 12.3. The van der Waals surface area contributed by atoms with Crippen molar-refractivity contribution < 1.29 is 0 Å². The molecule has 0 amide bonds. The summed E-state index contributed by atoms with van der Waals surface area (Å²) in [7, 11) is 0. The molecule has 0 aliphatic heterocycles. The van der Waals surface area contributed by atoms with Gasteiger partial charge in [-0.1, -0.05) is 0 Å². The Labute approximate surface area is 212 Å². The van der Waals surface area contributed by atoms with Gasteiger partial charge >= 0.3 is 218 Å². The topological polar surface area (TPSA) is 0 Å². The minimum absolute atomic E-state index is 1.20. The summed E-state index contributed by atoms with van der Waals surface area (Å²) in [5.41, 5.74) is 2.93. The standard InChI is InChI=1S/C8H8I8P2/c9-17(10,11,12)5-7-1-2-8(4-3-7)6-18(13,14,15)16/h1-4H,5-6H2. The zero-order chi connectivity index (χ0) is 14.3. The number of benzene rings is 1. The third-order valence-electron chi connectivity index (χ3n) is 1.87. The summed E-state index contributed by atoms with van der Waals surface area (Å²) in [6, 6.07) is 9.25. The number of hydrogen-bond donors (Lipinski definition) is 0. The molecule has 0 saturated carbocycles. The van der Waals surface area contributed by atoms with Crippen molar-refractivity contribution in [3.05, 3.63) is 35.4 Å². The Kier molecular flexibility index (Phi) is 9.34. The van der Waals surface area contributed by atoms with Crippen LogP contribution in [0.1, 0.15) is 11.1 Å². The molecule has 0 N–H and O–H groups in total. The second kappa shape index (κ2) is 7.66. The van der Waals surface area contributed by atoms with E-state index in [1.54, 1.807) is 0 Å². The molecule has 0 spiro atoms. The van der Waals surface area contributed by atoms with E-state index in [-0.39, 0.29) is 0 Å². The Bertz CT molecular complexity index is 379. The van der Waals surface area contributed by atoms with E-state index in [0.29, 0.717) is 0 Å². The maximum absolute atomic E-state index is 2.64. The summed E-state index contributed by atoms with van der Waals surface area (Å²) in [5, 5.41) is 0. The normalized spacial score (nSPS) is 17.6. The molecule has 0 radical (unpaired) electrons. The Morgan fingerprint density at radius 1 is 0.556 bits per heavy atom. The van der Waals surface area contributed by atoms with E-state index >= 15 is 0 Å². The molecule has 10 heteroatoms. The Morgan fingerprint density at radius 2 is 0.778 bits per heavy atom. The Morgan fingerprint density at radius 3 is 0.944 bits per heavy atom. The molecule has 106 valence electrons. The fourth-order valence-electron chi connectivity index (χ4n) is 1.30. The predicted octanol–water partition coefficient (Wildman–Crippen LogP) is 10.6. The average molecular weight is 1180 g/mol. The molecule has 18 heavy (non-hydrogen) atoms. The van der Waals surface area contributed by atoms with E-state index in [1.807, 2.05) is 0 Å². The summed E-state index contributed by atoms with van der Waals surface area (Å²) >= 11 is 21.1. The van der Waals surface area contributed by atoms with Crippen LogP contribution in [0.3, 0.4) is 0 Å². The van der Waals surface area contributed by atoms with E-state index in [9.17, 15) is 0 Å². The molecule has 0 saturated heterocycles. The van der Waals surface area contributed by atoms with Crippen LogP contribution in [-0.4, -0.2) is 0 Å². The van der Waals surface area contributed by atoms with Crippen LogP contribution in [0.25, 0.3) is 0 Å². The van der Waals surface area contributed by atoms with Gasteiger partial charge < -0.3 is 0 Å². The summed E-state index contributed by atoms with van der Waals surface area (Å²) in [4.78, 5) is 0. The molecule has 0 aliphatic rings. The van der Waals surface area contributed by atoms with Crippen molar-refractivity contribution in [2.45, 2.75) is 12.3 Å². The van der Waals surface area contributed by atoms with Crippen LogP contribution in [0.5, 0.6) is 0 Å². The number of rotatable bonds is 4. The average Bonchev–Trinajstić information content (AvgIpc) is 2.00. The van der Waals surface area contributed by atoms with Crippen molar-refractivity contribution in [2.75, 3.05) is 0 Å². The van der Waals surface area contributed by atoms with E-state index < -0.39 is -5.65 Å². The van der Waals surface area contributed by atoms with E-state index in [2.05, 4.69) is 201 Å². The van der Waals surface area contributed by atoms with Crippen molar-refractivity contribution in [2.24, 2.45) is 0 Å². The third kappa shape index (κ3) is 12.3. The van der Waals surface area contributed by atoms with Crippen molar-refractivity contribution in [1.29, 1.82) is 0 Å². The van der Waals surface area contributed by atoms with Gasteiger partial charge in [0.2, 0.25) is 0 Å². The molecule has 1 aromatic carbocycles. The van der Waals surface area contributed by atoms with Gasteiger partial charge in [-0.15, -0.1) is 0 Å². The van der Waals surface area contributed by atoms with Gasteiger partial charge in [-0.25, -0.2) is 0 Å². The van der Waals surface area contributed by atoms with Gasteiger partial charge in [0.25, 0.3) is 0 Å². The van der Waals surface area contributed by atoms with E-state index in [1.165, 1.54) is 23.5 Å². The first kappa shape index (κ1) is 22.0. The van der Waals surface area contributed by atoms with Crippen LogP contribution in [-0.2, 0) is 12.3 Å². The Balaban J connectivity index is 2.82. The molecule has 0 bridgehead atoms. The molecule has 0 nitrogen and oxygen atoms in total. The molecule has 0 heterocycles. The van der Waals surface area contributed by atoms with Crippen LogP contribution >= 0.6 is 171 Å². The van der Waals surface area contributed by atoms with Crippen molar-refractivity contribution in [1.82, 2.24) is 0 Å². The van der Waals surface area contributed by atoms with Gasteiger partial charge in [0.1, 0.15) is 0 Å². The van der Waals surface area contributed by atoms with Gasteiger partial charge in [-0.2, -0.15) is 0 Å². The van der Waals surface area contributed by atoms with Gasteiger partial charge in [-0.05, 0) is 0 Å². The van der Waals surface area contributed by atoms with Gasteiger partial charge in [-0.3, -0.25) is 0 Å². The first-order valence-corrected chi connectivity index (χ1v) is 31.6. The van der Waals surface area contributed by atoms with Crippen molar-refractivity contribution >= 4 is 171 Å². The van der Waals surface area contributed by atoms with Gasteiger partial charge in [0.05, 0.1) is 0 Å². The number of halogens is 8. The summed E-state index contributed by atoms with van der Waals surface area (Å²) in [6.45, 7) is 0. The molecule has 0 unspecified atom stereocenters. The minimum atomic E-state index is -1.56. The zero-order valence-electron chi connectivity index (χ0n) is 8.64. The molecule has 1 rings (SSSR count). The number of hydrogen-bond acceptors (Lipinski definition) is 0. The maximum atomic E-state index is 2.64. The monoisotopic (exact) mass is 1180 g/mol. The second-order valence-corrected chi connectivity index (χ2v) is 126. The van der Waals surface area contributed by atoms with E-state index in [4.69, 9.17) is 0 Å². The van der Waals surface area contributed by atoms with Gasteiger partial charge in [0, 0.05) is 0 Å². The Hall–Kier alpha value is 5.92.